The Hall–Kier alpha value is -2.43. The number of hydrogen-bond acceptors (Lipinski definition) is 4. The minimum atomic E-state index is -0.101. The van der Waals surface area contributed by atoms with Crippen LogP contribution in [-0.2, 0) is 11.2 Å². The fraction of sp³-hybridized carbons (Fsp3) is 0.450. The van der Waals surface area contributed by atoms with E-state index in [0.29, 0.717) is 12.2 Å². The first-order chi connectivity index (χ1) is 11.8. The molecular formula is C20H26N4O. The molecule has 0 bridgehead atoms. The second kappa shape index (κ2) is 6.47. The Balaban J connectivity index is 2.27. The standard InChI is InChI=1S/C20H26N4O/c1-7-21-18-16-10-14(5)20(25)24(19(16)23-15(6)22-18)17-12(3)8-11(2)9-13(17)4/h8-9,14H,7,10H2,1-6H3,(H,21,22,23). The lowest BCUT2D eigenvalue weighted by Gasteiger charge is -2.34. The summed E-state index contributed by atoms with van der Waals surface area (Å²) in [5.41, 5.74) is 5.35. The van der Waals surface area contributed by atoms with Crippen molar-refractivity contribution >= 4 is 23.2 Å². The zero-order valence-corrected chi connectivity index (χ0v) is 15.9. The molecule has 1 aliphatic heterocycles. The molecule has 5 nitrogen and oxygen atoms in total. The van der Waals surface area contributed by atoms with Crippen LogP contribution in [0.5, 0.6) is 0 Å². The van der Waals surface area contributed by atoms with Gasteiger partial charge in [-0.3, -0.25) is 9.69 Å². The molecule has 0 aliphatic carbocycles. The van der Waals surface area contributed by atoms with Gasteiger partial charge in [-0.05, 0) is 52.2 Å². The number of carbonyl (C=O) groups is 1. The summed E-state index contributed by atoms with van der Waals surface area (Å²) < 4.78 is 0. The highest BCUT2D eigenvalue weighted by molar-refractivity contribution is 6.05. The Morgan fingerprint density at radius 3 is 2.40 bits per heavy atom. The number of anilines is 3. The second-order valence-electron chi connectivity index (χ2n) is 6.98. The van der Waals surface area contributed by atoms with E-state index in [0.717, 1.165) is 40.6 Å². The largest absolute Gasteiger partial charge is 0.370 e. The predicted octanol–water partition coefficient (Wildman–Crippen LogP) is 4.00. The first-order valence-electron chi connectivity index (χ1n) is 8.86. The van der Waals surface area contributed by atoms with E-state index in [9.17, 15) is 4.79 Å². The maximum absolute atomic E-state index is 13.1. The van der Waals surface area contributed by atoms with Gasteiger partial charge in [-0.1, -0.05) is 24.6 Å². The SMILES string of the molecule is CCNc1nc(C)nc2c1CC(C)C(=O)N2c1c(C)cc(C)cc1C. The van der Waals surface area contributed by atoms with E-state index < -0.39 is 0 Å². The third-order valence-corrected chi connectivity index (χ3v) is 4.66. The van der Waals surface area contributed by atoms with E-state index in [1.807, 2.05) is 25.7 Å². The predicted molar refractivity (Wildman–Crippen MR) is 102 cm³/mol. The molecule has 0 fully saturated rings. The van der Waals surface area contributed by atoms with Gasteiger partial charge < -0.3 is 5.32 Å². The highest BCUT2D eigenvalue weighted by atomic mass is 16.2. The zero-order valence-electron chi connectivity index (χ0n) is 15.9. The second-order valence-corrected chi connectivity index (χ2v) is 6.98. The molecule has 1 aromatic heterocycles. The van der Waals surface area contributed by atoms with E-state index in [1.165, 1.54) is 5.56 Å². The molecule has 0 saturated carbocycles. The van der Waals surface area contributed by atoms with Gasteiger partial charge in [0.2, 0.25) is 5.91 Å². The third-order valence-electron chi connectivity index (χ3n) is 4.66. The molecule has 1 aromatic carbocycles. The number of rotatable bonds is 3. The van der Waals surface area contributed by atoms with Gasteiger partial charge in [0.05, 0.1) is 5.69 Å². The van der Waals surface area contributed by atoms with E-state index in [4.69, 9.17) is 0 Å². The van der Waals surface area contributed by atoms with Crippen LogP contribution in [0.3, 0.4) is 0 Å². The number of aromatic nitrogens is 2. The Bertz CT molecular complexity index is 821. The van der Waals surface area contributed by atoms with Crippen LogP contribution in [0.1, 0.15) is 41.9 Å². The van der Waals surface area contributed by atoms with Crippen molar-refractivity contribution in [2.24, 2.45) is 5.92 Å². The maximum Gasteiger partial charge on any atom is 0.235 e. The smallest absolute Gasteiger partial charge is 0.235 e. The normalized spacial score (nSPS) is 16.8. The molecule has 0 radical (unpaired) electrons. The quantitative estimate of drug-likeness (QED) is 0.919. The highest BCUT2D eigenvalue weighted by Crippen LogP contribution is 2.40. The minimum absolute atomic E-state index is 0.100. The van der Waals surface area contributed by atoms with Crippen LogP contribution in [0, 0.1) is 33.6 Å². The average molecular weight is 338 g/mol. The molecule has 3 rings (SSSR count). The van der Waals surface area contributed by atoms with Gasteiger partial charge in [-0.2, -0.15) is 0 Å². The Labute approximate surface area is 149 Å². The Kier molecular flexibility index (Phi) is 4.50. The lowest BCUT2D eigenvalue weighted by molar-refractivity contribution is -0.121. The van der Waals surface area contributed by atoms with Crippen LogP contribution in [-0.4, -0.2) is 22.4 Å². The van der Waals surface area contributed by atoms with Crippen molar-refractivity contribution in [1.29, 1.82) is 0 Å². The van der Waals surface area contributed by atoms with Crippen LogP contribution >= 0.6 is 0 Å². The fourth-order valence-electron chi connectivity index (χ4n) is 3.73. The molecule has 1 aliphatic rings. The van der Waals surface area contributed by atoms with Gasteiger partial charge in [0, 0.05) is 18.0 Å². The van der Waals surface area contributed by atoms with Gasteiger partial charge in [-0.15, -0.1) is 0 Å². The summed E-state index contributed by atoms with van der Waals surface area (Å²) in [5.74, 6) is 2.24. The van der Waals surface area contributed by atoms with Crippen molar-refractivity contribution in [3.63, 3.8) is 0 Å². The molecule has 2 heterocycles. The summed E-state index contributed by atoms with van der Waals surface area (Å²) in [6.07, 6.45) is 0.664. The van der Waals surface area contributed by atoms with Gasteiger partial charge >= 0.3 is 0 Å². The lowest BCUT2D eigenvalue weighted by atomic mass is 9.93. The monoisotopic (exact) mass is 338 g/mol. The molecule has 1 N–H and O–H groups in total. The van der Waals surface area contributed by atoms with E-state index in [-0.39, 0.29) is 11.8 Å². The van der Waals surface area contributed by atoms with Crippen LogP contribution in [0.4, 0.5) is 17.3 Å². The van der Waals surface area contributed by atoms with Gasteiger partial charge in [0.15, 0.2) is 0 Å². The molecule has 1 unspecified atom stereocenters. The van der Waals surface area contributed by atoms with E-state index in [2.05, 4.69) is 48.2 Å². The summed E-state index contributed by atoms with van der Waals surface area (Å²) in [4.78, 5) is 24.1. The van der Waals surface area contributed by atoms with Crippen molar-refractivity contribution in [1.82, 2.24) is 9.97 Å². The minimum Gasteiger partial charge on any atom is -0.370 e. The third kappa shape index (κ3) is 2.99. The van der Waals surface area contributed by atoms with Crippen LogP contribution < -0.4 is 10.2 Å². The summed E-state index contributed by atoms with van der Waals surface area (Å²) in [6.45, 7) is 12.9. The molecule has 0 spiro atoms. The van der Waals surface area contributed by atoms with Crippen LogP contribution in [0.15, 0.2) is 12.1 Å². The average Bonchev–Trinajstić information content (AvgIpc) is 2.51. The molecule has 0 saturated heterocycles. The number of amides is 1. The van der Waals surface area contributed by atoms with Crippen molar-refractivity contribution < 1.29 is 4.79 Å². The summed E-state index contributed by atoms with van der Waals surface area (Å²) in [5, 5.41) is 3.33. The fourth-order valence-corrected chi connectivity index (χ4v) is 3.73. The molecule has 5 heteroatoms. The molecule has 1 amide bonds. The van der Waals surface area contributed by atoms with Gasteiger partial charge in [0.25, 0.3) is 0 Å². The first-order valence-corrected chi connectivity index (χ1v) is 8.86. The number of hydrogen-bond donors (Lipinski definition) is 1. The number of fused-ring (bicyclic) bond motifs is 1. The number of nitrogens with one attached hydrogen (secondary N) is 1. The molecular weight excluding hydrogens is 312 g/mol. The topological polar surface area (TPSA) is 58.1 Å². The molecule has 2 aromatic rings. The Morgan fingerprint density at radius 2 is 1.80 bits per heavy atom. The van der Waals surface area contributed by atoms with E-state index in [1.54, 1.807) is 0 Å². The van der Waals surface area contributed by atoms with Gasteiger partial charge in [-0.25, -0.2) is 9.97 Å². The molecule has 132 valence electrons. The zero-order chi connectivity index (χ0) is 18.3. The summed E-state index contributed by atoms with van der Waals surface area (Å²) in [7, 11) is 0. The van der Waals surface area contributed by atoms with E-state index >= 15 is 0 Å². The Morgan fingerprint density at radius 1 is 1.16 bits per heavy atom. The summed E-state index contributed by atoms with van der Waals surface area (Å²) >= 11 is 0. The van der Waals surface area contributed by atoms with Crippen molar-refractivity contribution in [3.05, 3.63) is 40.2 Å². The maximum atomic E-state index is 13.1. The first kappa shape index (κ1) is 17.4. The van der Waals surface area contributed by atoms with Gasteiger partial charge in [0.1, 0.15) is 17.5 Å². The van der Waals surface area contributed by atoms with Crippen molar-refractivity contribution in [2.45, 2.75) is 48.0 Å². The molecule has 25 heavy (non-hydrogen) atoms. The highest BCUT2D eigenvalue weighted by Gasteiger charge is 2.36. The summed E-state index contributed by atoms with van der Waals surface area (Å²) in [6, 6.07) is 4.24. The number of nitrogens with zero attached hydrogens (tertiary/aromatic N) is 3. The number of carbonyl (C=O) groups excluding carboxylic acids is 1. The van der Waals surface area contributed by atoms with Crippen LogP contribution in [0.2, 0.25) is 0 Å². The van der Waals surface area contributed by atoms with Crippen LogP contribution in [0.25, 0.3) is 0 Å². The lowest BCUT2D eigenvalue weighted by Crippen LogP contribution is -2.39. The van der Waals surface area contributed by atoms with Crippen molar-refractivity contribution in [2.75, 3.05) is 16.8 Å². The number of aryl methyl sites for hydroxylation is 4. The number of benzene rings is 1. The molecule has 1 atom stereocenters. The van der Waals surface area contributed by atoms with Crippen molar-refractivity contribution in [3.8, 4) is 0 Å².